The van der Waals surface area contributed by atoms with Crippen LogP contribution in [0.2, 0.25) is 0 Å². The molecule has 0 saturated heterocycles. The number of aliphatic hydroxyl groups excluding tert-OH is 1. The van der Waals surface area contributed by atoms with Crippen LogP contribution in [-0.4, -0.2) is 17.8 Å². The van der Waals surface area contributed by atoms with Gasteiger partial charge in [-0.3, -0.25) is 0 Å². The molecular formula is C16H15ClF5NO2. The Balaban J connectivity index is 0.00000312. The zero-order valence-corrected chi connectivity index (χ0v) is 13.5. The van der Waals surface area contributed by atoms with Crippen molar-refractivity contribution in [3.05, 3.63) is 59.2 Å². The fraction of sp³-hybridized carbons (Fsp3) is 0.250. The average Bonchev–Trinajstić information content (AvgIpc) is 2.51. The lowest BCUT2D eigenvalue weighted by atomic mass is 10.1. The lowest BCUT2D eigenvalue weighted by Gasteiger charge is -2.15. The second-order valence-electron chi connectivity index (χ2n) is 5.12. The van der Waals surface area contributed by atoms with Gasteiger partial charge in [-0.15, -0.1) is 12.4 Å². The van der Waals surface area contributed by atoms with Gasteiger partial charge in [0.15, 0.2) is 17.4 Å². The first kappa shape index (κ1) is 21.1. The summed E-state index contributed by atoms with van der Waals surface area (Å²) in [5.41, 5.74) is 4.63. The van der Waals surface area contributed by atoms with Crippen molar-refractivity contribution in [2.24, 2.45) is 5.73 Å². The quantitative estimate of drug-likeness (QED) is 0.766. The smallest absolute Gasteiger partial charge is 0.416 e. The van der Waals surface area contributed by atoms with E-state index in [2.05, 4.69) is 0 Å². The van der Waals surface area contributed by atoms with Crippen molar-refractivity contribution in [1.82, 2.24) is 0 Å². The molecule has 0 spiro atoms. The Morgan fingerprint density at radius 2 is 1.64 bits per heavy atom. The van der Waals surface area contributed by atoms with Crippen molar-refractivity contribution in [1.29, 1.82) is 0 Å². The number of hydrogen-bond acceptors (Lipinski definition) is 3. The van der Waals surface area contributed by atoms with E-state index in [9.17, 15) is 22.0 Å². The third-order valence-corrected chi connectivity index (χ3v) is 3.23. The molecule has 0 aliphatic heterocycles. The number of alkyl halides is 3. The molecule has 0 aliphatic rings. The highest BCUT2D eigenvalue weighted by Gasteiger charge is 2.33. The van der Waals surface area contributed by atoms with E-state index in [-0.39, 0.29) is 43.3 Å². The van der Waals surface area contributed by atoms with Crippen LogP contribution in [0.3, 0.4) is 0 Å². The number of para-hydroxylation sites is 1. The Morgan fingerprint density at radius 3 is 2.16 bits per heavy atom. The molecule has 0 heterocycles. The maximum atomic E-state index is 13.9. The Hall–Kier alpha value is -1.90. The summed E-state index contributed by atoms with van der Waals surface area (Å²) in [6, 6.07) is 5.86. The maximum Gasteiger partial charge on any atom is 0.416 e. The summed E-state index contributed by atoms with van der Waals surface area (Å²) in [7, 11) is 0. The zero-order chi connectivity index (χ0) is 17.9. The van der Waals surface area contributed by atoms with Gasteiger partial charge in [0, 0.05) is 6.04 Å². The molecule has 0 bridgehead atoms. The van der Waals surface area contributed by atoms with Crippen molar-refractivity contribution in [3.63, 3.8) is 0 Å². The first-order valence-electron chi connectivity index (χ1n) is 6.90. The summed E-state index contributed by atoms with van der Waals surface area (Å²) < 4.78 is 70.5. The molecule has 0 aliphatic carbocycles. The predicted octanol–water partition coefficient (Wildman–Crippen LogP) is 4.06. The van der Waals surface area contributed by atoms with Gasteiger partial charge in [0.25, 0.3) is 0 Å². The van der Waals surface area contributed by atoms with Crippen LogP contribution in [0.4, 0.5) is 22.0 Å². The van der Waals surface area contributed by atoms with Gasteiger partial charge >= 0.3 is 6.18 Å². The van der Waals surface area contributed by atoms with E-state index in [1.807, 2.05) is 0 Å². The Kier molecular flexibility index (Phi) is 7.16. The van der Waals surface area contributed by atoms with Crippen molar-refractivity contribution in [2.75, 3.05) is 6.61 Å². The molecule has 3 N–H and O–H groups in total. The standard InChI is InChI=1S/C16H14F5NO2.ClH/c17-12-6-10(16(19,20)21)7-13(18)15(12)24-14-4-2-1-3-9(14)5-11(22)8-23;/h1-4,6-7,11,23H,5,8,22H2;1H. The molecular weight excluding hydrogens is 369 g/mol. The fourth-order valence-corrected chi connectivity index (χ4v) is 2.05. The van der Waals surface area contributed by atoms with Gasteiger partial charge in [-0.05, 0) is 30.2 Å². The molecule has 138 valence electrons. The van der Waals surface area contributed by atoms with Crippen LogP contribution in [-0.2, 0) is 12.6 Å². The highest BCUT2D eigenvalue weighted by Crippen LogP contribution is 2.36. The molecule has 3 nitrogen and oxygen atoms in total. The number of nitrogens with two attached hydrogens (primary N) is 1. The van der Waals surface area contributed by atoms with Crippen LogP contribution < -0.4 is 10.5 Å². The van der Waals surface area contributed by atoms with Crippen molar-refractivity contribution >= 4 is 12.4 Å². The van der Waals surface area contributed by atoms with Gasteiger partial charge in [0.1, 0.15) is 5.75 Å². The molecule has 25 heavy (non-hydrogen) atoms. The number of halogens is 6. The summed E-state index contributed by atoms with van der Waals surface area (Å²) in [5.74, 6) is -3.83. The highest BCUT2D eigenvalue weighted by atomic mass is 35.5. The molecule has 2 aromatic carbocycles. The first-order valence-corrected chi connectivity index (χ1v) is 6.90. The topological polar surface area (TPSA) is 55.5 Å². The third kappa shape index (κ3) is 5.29. The van der Waals surface area contributed by atoms with Crippen molar-refractivity contribution < 1.29 is 31.8 Å². The SMILES string of the molecule is Cl.NC(CO)Cc1ccccc1Oc1c(F)cc(C(F)(F)F)cc1F. The number of ether oxygens (including phenoxy) is 1. The van der Waals surface area contributed by atoms with E-state index in [1.165, 1.54) is 12.1 Å². The average molecular weight is 384 g/mol. The second-order valence-corrected chi connectivity index (χ2v) is 5.12. The molecule has 0 amide bonds. The Bertz CT molecular complexity index is 701. The maximum absolute atomic E-state index is 13.9. The molecule has 1 atom stereocenters. The Labute approximate surface area is 146 Å². The predicted molar refractivity (Wildman–Crippen MR) is 83.9 cm³/mol. The number of aliphatic hydroxyl groups is 1. The molecule has 0 aromatic heterocycles. The minimum absolute atomic E-state index is 0. The van der Waals surface area contributed by atoms with E-state index in [0.717, 1.165) is 0 Å². The minimum Gasteiger partial charge on any atom is -0.451 e. The van der Waals surface area contributed by atoms with Gasteiger partial charge in [-0.25, -0.2) is 8.78 Å². The number of benzene rings is 2. The van der Waals surface area contributed by atoms with Crippen LogP contribution in [0, 0.1) is 11.6 Å². The van der Waals surface area contributed by atoms with Crippen LogP contribution >= 0.6 is 12.4 Å². The lowest BCUT2D eigenvalue weighted by molar-refractivity contribution is -0.138. The summed E-state index contributed by atoms with van der Waals surface area (Å²) in [4.78, 5) is 0. The summed E-state index contributed by atoms with van der Waals surface area (Å²) in [6.45, 7) is -0.308. The van der Waals surface area contributed by atoms with Crippen LogP contribution in [0.1, 0.15) is 11.1 Å². The minimum atomic E-state index is -4.87. The van der Waals surface area contributed by atoms with Gasteiger partial charge in [-0.2, -0.15) is 13.2 Å². The van der Waals surface area contributed by atoms with Gasteiger partial charge in [0.2, 0.25) is 0 Å². The Morgan fingerprint density at radius 1 is 1.08 bits per heavy atom. The van der Waals surface area contributed by atoms with E-state index in [4.69, 9.17) is 15.6 Å². The zero-order valence-electron chi connectivity index (χ0n) is 12.7. The molecule has 2 rings (SSSR count). The first-order chi connectivity index (χ1) is 11.2. The third-order valence-electron chi connectivity index (χ3n) is 3.23. The highest BCUT2D eigenvalue weighted by molar-refractivity contribution is 5.85. The van der Waals surface area contributed by atoms with Crippen LogP contribution in [0.15, 0.2) is 36.4 Å². The molecule has 9 heteroatoms. The van der Waals surface area contributed by atoms with Crippen molar-refractivity contribution in [3.8, 4) is 11.5 Å². The van der Waals surface area contributed by atoms with Gasteiger partial charge in [0.05, 0.1) is 12.2 Å². The molecule has 0 radical (unpaired) electrons. The van der Waals surface area contributed by atoms with Gasteiger partial charge < -0.3 is 15.6 Å². The molecule has 1 unspecified atom stereocenters. The number of rotatable bonds is 5. The summed E-state index contributed by atoms with van der Waals surface area (Å²) in [5, 5.41) is 8.98. The van der Waals surface area contributed by atoms with Crippen LogP contribution in [0.25, 0.3) is 0 Å². The lowest BCUT2D eigenvalue weighted by Crippen LogP contribution is -2.27. The monoisotopic (exact) mass is 383 g/mol. The van der Waals surface area contributed by atoms with E-state index < -0.39 is 35.2 Å². The van der Waals surface area contributed by atoms with Gasteiger partial charge in [-0.1, -0.05) is 18.2 Å². The van der Waals surface area contributed by atoms with Crippen molar-refractivity contribution in [2.45, 2.75) is 18.6 Å². The summed E-state index contributed by atoms with van der Waals surface area (Å²) in [6.07, 6.45) is -4.71. The van der Waals surface area contributed by atoms with E-state index in [1.54, 1.807) is 12.1 Å². The molecule has 2 aromatic rings. The summed E-state index contributed by atoms with van der Waals surface area (Å²) >= 11 is 0. The molecule has 0 fully saturated rings. The largest absolute Gasteiger partial charge is 0.451 e. The van der Waals surface area contributed by atoms with E-state index >= 15 is 0 Å². The molecule has 0 saturated carbocycles. The number of hydrogen-bond donors (Lipinski definition) is 2. The second kappa shape index (κ2) is 8.46. The van der Waals surface area contributed by atoms with E-state index in [0.29, 0.717) is 5.56 Å². The van der Waals surface area contributed by atoms with Crippen LogP contribution in [0.5, 0.6) is 11.5 Å². The normalized spacial score (nSPS) is 12.4. The fourth-order valence-electron chi connectivity index (χ4n) is 2.05.